The fraction of sp³-hybridized carbons (Fsp3) is 0.278. The summed E-state index contributed by atoms with van der Waals surface area (Å²) in [6.45, 7) is 2.58. The van der Waals surface area contributed by atoms with E-state index in [1.165, 1.54) is 0 Å². The van der Waals surface area contributed by atoms with Crippen molar-refractivity contribution in [2.45, 2.75) is 13.2 Å². The lowest BCUT2D eigenvalue weighted by Crippen LogP contribution is -2.50. The van der Waals surface area contributed by atoms with Crippen molar-refractivity contribution in [2.24, 2.45) is 5.92 Å². The van der Waals surface area contributed by atoms with Gasteiger partial charge in [0.05, 0.1) is 5.92 Å². The number of para-hydroxylation sites is 1. The molecule has 0 unspecified atom stereocenters. The molecule has 122 valence electrons. The molecular weight excluding hydrogens is 312 g/mol. The second-order valence-corrected chi connectivity index (χ2v) is 5.45. The Hall–Kier alpha value is -2.04. The van der Waals surface area contributed by atoms with Crippen LogP contribution in [-0.4, -0.2) is 19.0 Å². The Kier molecular flexibility index (Phi) is 6.44. The molecule has 5 heteroatoms. The molecule has 1 aliphatic rings. The van der Waals surface area contributed by atoms with Crippen LogP contribution in [0.15, 0.2) is 54.6 Å². The Morgan fingerprint density at radius 1 is 1.09 bits per heavy atom. The fourth-order valence-corrected chi connectivity index (χ4v) is 2.33. The minimum Gasteiger partial charge on any atom is -0.489 e. The number of hydrogen-bond donors (Lipinski definition) is 2. The van der Waals surface area contributed by atoms with Gasteiger partial charge in [0.25, 0.3) is 0 Å². The van der Waals surface area contributed by atoms with E-state index in [1.54, 1.807) is 0 Å². The molecule has 0 aliphatic carbocycles. The number of ether oxygens (including phenoxy) is 1. The zero-order valence-electron chi connectivity index (χ0n) is 12.8. The molecule has 1 aliphatic heterocycles. The first-order valence-electron chi connectivity index (χ1n) is 7.56. The molecule has 2 N–H and O–H groups in total. The number of carbonyl (C=O) groups is 1. The van der Waals surface area contributed by atoms with Crippen LogP contribution in [0.2, 0.25) is 0 Å². The standard InChI is InChI=1S/C18H20N2O2.ClH/c21-18(16-10-19-11-16)20-12-15-8-4-5-9-17(15)22-13-14-6-2-1-3-7-14;/h1-9,16,19H,10-13H2,(H,20,21);1H. The molecule has 1 heterocycles. The number of hydrogen-bond acceptors (Lipinski definition) is 3. The minimum atomic E-state index is 0. The van der Waals surface area contributed by atoms with Crippen molar-refractivity contribution >= 4 is 18.3 Å². The van der Waals surface area contributed by atoms with Crippen LogP contribution in [0.25, 0.3) is 0 Å². The predicted octanol–water partition coefficient (Wildman–Crippen LogP) is 2.52. The van der Waals surface area contributed by atoms with E-state index in [0.29, 0.717) is 13.2 Å². The number of rotatable bonds is 6. The SMILES string of the molecule is Cl.O=C(NCc1ccccc1OCc1ccccc1)C1CNC1. The molecule has 0 bridgehead atoms. The summed E-state index contributed by atoms with van der Waals surface area (Å²) in [5.41, 5.74) is 2.13. The molecule has 1 amide bonds. The Labute approximate surface area is 142 Å². The highest BCUT2D eigenvalue weighted by Crippen LogP contribution is 2.19. The number of benzene rings is 2. The smallest absolute Gasteiger partial charge is 0.225 e. The second kappa shape index (κ2) is 8.56. The van der Waals surface area contributed by atoms with Crippen molar-refractivity contribution in [3.8, 4) is 5.75 Å². The van der Waals surface area contributed by atoms with Crippen LogP contribution < -0.4 is 15.4 Å². The zero-order chi connectivity index (χ0) is 15.2. The molecule has 0 aromatic heterocycles. The predicted molar refractivity (Wildman–Crippen MR) is 92.7 cm³/mol. The molecule has 0 atom stereocenters. The van der Waals surface area contributed by atoms with Gasteiger partial charge in [-0.2, -0.15) is 0 Å². The molecule has 0 saturated carbocycles. The van der Waals surface area contributed by atoms with Crippen LogP contribution in [0.3, 0.4) is 0 Å². The summed E-state index contributed by atoms with van der Waals surface area (Å²) in [5, 5.41) is 6.09. The van der Waals surface area contributed by atoms with Crippen molar-refractivity contribution in [1.29, 1.82) is 0 Å². The monoisotopic (exact) mass is 332 g/mol. The maximum atomic E-state index is 11.9. The number of halogens is 1. The van der Waals surface area contributed by atoms with Gasteiger partial charge in [-0.05, 0) is 11.6 Å². The van der Waals surface area contributed by atoms with Crippen LogP contribution in [0.1, 0.15) is 11.1 Å². The van der Waals surface area contributed by atoms with Crippen molar-refractivity contribution in [3.63, 3.8) is 0 Å². The summed E-state index contributed by atoms with van der Waals surface area (Å²) in [4.78, 5) is 11.9. The summed E-state index contributed by atoms with van der Waals surface area (Å²) in [5.74, 6) is 1.03. The van der Waals surface area contributed by atoms with Gasteiger partial charge in [-0.15, -0.1) is 12.4 Å². The van der Waals surface area contributed by atoms with E-state index in [-0.39, 0.29) is 24.2 Å². The van der Waals surface area contributed by atoms with E-state index in [4.69, 9.17) is 4.74 Å². The van der Waals surface area contributed by atoms with E-state index in [0.717, 1.165) is 30.0 Å². The molecule has 3 rings (SSSR count). The lowest BCUT2D eigenvalue weighted by Gasteiger charge is -2.26. The first-order chi connectivity index (χ1) is 10.8. The molecule has 1 saturated heterocycles. The van der Waals surface area contributed by atoms with E-state index in [1.807, 2.05) is 54.6 Å². The van der Waals surface area contributed by atoms with Crippen molar-refractivity contribution in [2.75, 3.05) is 13.1 Å². The highest BCUT2D eigenvalue weighted by Gasteiger charge is 2.24. The van der Waals surface area contributed by atoms with E-state index < -0.39 is 0 Å². The molecule has 2 aromatic carbocycles. The third-order valence-corrected chi connectivity index (χ3v) is 3.82. The van der Waals surface area contributed by atoms with Crippen LogP contribution >= 0.6 is 12.4 Å². The lowest BCUT2D eigenvalue weighted by molar-refractivity contribution is -0.126. The Bertz CT molecular complexity index is 630. The van der Waals surface area contributed by atoms with Gasteiger partial charge in [0.15, 0.2) is 0 Å². The third-order valence-electron chi connectivity index (χ3n) is 3.82. The van der Waals surface area contributed by atoms with Crippen LogP contribution in [0, 0.1) is 5.92 Å². The van der Waals surface area contributed by atoms with Crippen LogP contribution in [0.4, 0.5) is 0 Å². The van der Waals surface area contributed by atoms with Crippen LogP contribution in [-0.2, 0) is 17.9 Å². The average Bonchev–Trinajstić information content (AvgIpc) is 2.51. The minimum absolute atomic E-state index is 0. The van der Waals surface area contributed by atoms with Gasteiger partial charge in [0.2, 0.25) is 5.91 Å². The van der Waals surface area contributed by atoms with Gasteiger partial charge >= 0.3 is 0 Å². The van der Waals surface area contributed by atoms with Gasteiger partial charge in [0.1, 0.15) is 12.4 Å². The highest BCUT2D eigenvalue weighted by molar-refractivity contribution is 5.85. The molecule has 0 radical (unpaired) electrons. The maximum Gasteiger partial charge on any atom is 0.225 e. The molecular formula is C18H21ClN2O2. The molecule has 23 heavy (non-hydrogen) atoms. The third kappa shape index (κ3) is 4.71. The zero-order valence-corrected chi connectivity index (χ0v) is 13.6. The van der Waals surface area contributed by atoms with E-state index in [2.05, 4.69) is 10.6 Å². The Morgan fingerprint density at radius 3 is 2.48 bits per heavy atom. The highest BCUT2D eigenvalue weighted by atomic mass is 35.5. The summed E-state index contributed by atoms with van der Waals surface area (Å²) in [6, 6.07) is 17.9. The van der Waals surface area contributed by atoms with Crippen LogP contribution in [0.5, 0.6) is 5.75 Å². The molecule has 2 aromatic rings. The molecule has 4 nitrogen and oxygen atoms in total. The maximum absolute atomic E-state index is 11.9. The van der Waals surface area contributed by atoms with Gasteiger partial charge in [0, 0.05) is 25.2 Å². The Morgan fingerprint density at radius 2 is 1.78 bits per heavy atom. The number of amides is 1. The fourth-order valence-electron chi connectivity index (χ4n) is 2.33. The molecule has 1 fully saturated rings. The van der Waals surface area contributed by atoms with Gasteiger partial charge in [-0.25, -0.2) is 0 Å². The van der Waals surface area contributed by atoms with E-state index in [9.17, 15) is 4.79 Å². The van der Waals surface area contributed by atoms with Gasteiger partial charge in [-0.1, -0.05) is 48.5 Å². The lowest BCUT2D eigenvalue weighted by atomic mass is 10.0. The average molecular weight is 333 g/mol. The summed E-state index contributed by atoms with van der Waals surface area (Å²) in [6.07, 6.45) is 0. The summed E-state index contributed by atoms with van der Waals surface area (Å²) >= 11 is 0. The topological polar surface area (TPSA) is 50.4 Å². The normalized spacial score (nSPS) is 13.6. The Balaban J connectivity index is 0.00000192. The number of nitrogens with one attached hydrogen (secondary N) is 2. The van der Waals surface area contributed by atoms with Crippen molar-refractivity contribution in [3.05, 3.63) is 65.7 Å². The quantitative estimate of drug-likeness (QED) is 0.854. The summed E-state index contributed by atoms with van der Waals surface area (Å²) in [7, 11) is 0. The largest absolute Gasteiger partial charge is 0.489 e. The first-order valence-corrected chi connectivity index (χ1v) is 7.56. The van der Waals surface area contributed by atoms with Crippen molar-refractivity contribution < 1.29 is 9.53 Å². The summed E-state index contributed by atoms with van der Waals surface area (Å²) < 4.78 is 5.89. The van der Waals surface area contributed by atoms with Crippen molar-refractivity contribution in [1.82, 2.24) is 10.6 Å². The van der Waals surface area contributed by atoms with E-state index >= 15 is 0 Å². The van der Waals surface area contributed by atoms with Gasteiger partial charge < -0.3 is 15.4 Å². The second-order valence-electron chi connectivity index (χ2n) is 5.45. The molecule has 0 spiro atoms. The first kappa shape index (κ1) is 17.3. The number of carbonyl (C=O) groups excluding carboxylic acids is 1. The van der Waals surface area contributed by atoms with Gasteiger partial charge in [-0.3, -0.25) is 4.79 Å².